The minimum atomic E-state index is -0.0445. The smallest absolute Gasteiger partial charge is 0.152 e. The van der Waals surface area contributed by atoms with Gasteiger partial charge in [-0.2, -0.15) is 0 Å². The molecule has 0 aromatic heterocycles. The molecule has 2 aromatic carbocycles. The van der Waals surface area contributed by atoms with Crippen LogP contribution in [0.2, 0.25) is 5.02 Å². The van der Waals surface area contributed by atoms with E-state index in [9.17, 15) is 4.79 Å². The first-order valence-electron chi connectivity index (χ1n) is 11.2. The molecule has 2 unspecified atom stereocenters. The van der Waals surface area contributed by atoms with Gasteiger partial charge in [0.25, 0.3) is 0 Å². The highest BCUT2D eigenvalue weighted by Crippen LogP contribution is 2.46. The normalized spacial score (nSPS) is 26.6. The minimum Gasteiger partial charge on any atom is -0.378 e. The van der Waals surface area contributed by atoms with Crippen LogP contribution in [-0.4, -0.2) is 53.8 Å². The molecule has 30 heavy (non-hydrogen) atoms. The fourth-order valence-electron chi connectivity index (χ4n) is 5.64. The number of hydrogen-bond donors (Lipinski definition) is 1. The maximum absolute atomic E-state index is 13.3. The molecule has 1 saturated carbocycles. The van der Waals surface area contributed by atoms with E-state index in [4.69, 9.17) is 11.6 Å². The molecule has 1 saturated heterocycles. The zero-order chi connectivity index (χ0) is 20.6. The largest absolute Gasteiger partial charge is 0.378 e. The van der Waals surface area contributed by atoms with Crippen molar-refractivity contribution in [3.05, 3.63) is 64.7 Å². The molecule has 2 aliphatic heterocycles. The van der Waals surface area contributed by atoms with Crippen LogP contribution in [0.1, 0.15) is 30.4 Å². The van der Waals surface area contributed by atoms with E-state index in [0.29, 0.717) is 12.3 Å². The number of Topliss-reactive ketones (excluding diaryl/α,β-unsaturated/α-hetero) is 1. The topological polar surface area (TPSA) is 35.6 Å². The third-order valence-electron chi connectivity index (χ3n) is 7.24. The number of carbonyl (C=O) groups is 1. The Morgan fingerprint density at radius 1 is 1.03 bits per heavy atom. The van der Waals surface area contributed by atoms with Crippen molar-refractivity contribution in [1.82, 2.24) is 9.80 Å². The highest BCUT2D eigenvalue weighted by Gasteiger charge is 2.49. The lowest BCUT2D eigenvalue weighted by molar-refractivity contribution is -0.125. The molecule has 0 bridgehead atoms. The molecule has 4 nitrogen and oxygen atoms in total. The van der Waals surface area contributed by atoms with Crippen LogP contribution in [0.15, 0.2) is 48.5 Å². The van der Waals surface area contributed by atoms with E-state index in [1.165, 1.54) is 16.8 Å². The number of para-hydroxylation sites is 1. The van der Waals surface area contributed by atoms with Gasteiger partial charge >= 0.3 is 0 Å². The van der Waals surface area contributed by atoms with Gasteiger partial charge in [-0.1, -0.05) is 48.4 Å². The molecule has 0 radical (unpaired) electrons. The number of piperazine rings is 1. The number of hydrogen-bond acceptors (Lipinski definition) is 4. The van der Waals surface area contributed by atoms with Gasteiger partial charge in [0.1, 0.15) is 0 Å². The van der Waals surface area contributed by atoms with Crippen LogP contribution in [0.25, 0.3) is 0 Å². The Morgan fingerprint density at radius 3 is 2.53 bits per heavy atom. The van der Waals surface area contributed by atoms with Gasteiger partial charge < -0.3 is 5.32 Å². The van der Waals surface area contributed by atoms with Crippen molar-refractivity contribution in [3.63, 3.8) is 0 Å². The van der Waals surface area contributed by atoms with Gasteiger partial charge in [0.05, 0.1) is 12.1 Å². The summed E-state index contributed by atoms with van der Waals surface area (Å²) in [6.07, 6.45) is 4.27. The fourth-order valence-corrected chi connectivity index (χ4v) is 5.76. The van der Waals surface area contributed by atoms with E-state index in [-0.39, 0.29) is 11.5 Å². The molecular formula is C25H30ClN3O. The van der Waals surface area contributed by atoms with Crippen molar-refractivity contribution in [3.8, 4) is 0 Å². The summed E-state index contributed by atoms with van der Waals surface area (Å²) in [5.41, 5.74) is 3.85. The maximum atomic E-state index is 13.3. The summed E-state index contributed by atoms with van der Waals surface area (Å²) in [5, 5.41) is 4.54. The zero-order valence-electron chi connectivity index (χ0n) is 17.4. The predicted octanol–water partition coefficient (Wildman–Crippen LogP) is 4.23. The van der Waals surface area contributed by atoms with Gasteiger partial charge in [-0.25, -0.2) is 0 Å². The molecule has 2 heterocycles. The maximum Gasteiger partial charge on any atom is 0.152 e. The Hall–Kier alpha value is -1.88. The molecule has 2 atom stereocenters. The summed E-state index contributed by atoms with van der Waals surface area (Å²) >= 11 is 5.99. The molecule has 5 rings (SSSR count). The molecule has 1 N–H and O–H groups in total. The zero-order valence-corrected chi connectivity index (χ0v) is 18.2. The number of fused-ring (bicyclic) bond motifs is 1. The van der Waals surface area contributed by atoms with Crippen molar-refractivity contribution < 1.29 is 4.79 Å². The van der Waals surface area contributed by atoms with E-state index in [1.807, 2.05) is 12.1 Å². The van der Waals surface area contributed by atoms with Crippen LogP contribution in [0.3, 0.4) is 0 Å². The molecule has 0 amide bonds. The van der Waals surface area contributed by atoms with Crippen molar-refractivity contribution in [1.29, 1.82) is 0 Å². The molecule has 1 spiro atoms. The summed E-state index contributed by atoms with van der Waals surface area (Å²) in [4.78, 5) is 18.1. The fraction of sp³-hybridized carbons (Fsp3) is 0.480. The SMILES string of the molecule is O=C(CN1CCN(Cc2ccc(Cl)cc2)CC1)C1CCCC12Cc1ccccc1N2. The van der Waals surface area contributed by atoms with Crippen molar-refractivity contribution >= 4 is 23.1 Å². The second-order valence-electron chi connectivity index (χ2n) is 9.20. The number of nitrogens with one attached hydrogen (secondary N) is 1. The number of nitrogens with zero attached hydrogens (tertiary/aromatic N) is 2. The Kier molecular flexibility index (Phi) is 5.57. The number of anilines is 1. The number of ketones is 1. The Bertz CT molecular complexity index is 880. The van der Waals surface area contributed by atoms with Gasteiger partial charge in [0.15, 0.2) is 5.78 Å². The minimum absolute atomic E-state index is 0.0445. The number of halogens is 1. The molecule has 3 aliphatic rings. The van der Waals surface area contributed by atoms with Gasteiger partial charge in [0.2, 0.25) is 0 Å². The van der Waals surface area contributed by atoms with Crippen LogP contribution in [-0.2, 0) is 17.8 Å². The Morgan fingerprint density at radius 2 is 1.77 bits per heavy atom. The van der Waals surface area contributed by atoms with Gasteiger partial charge in [-0.15, -0.1) is 0 Å². The monoisotopic (exact) mass is 423 g/mol. The average Bonchev–Trinajstić information content (AvgIpc) is 3.34. The van der Waals surface area contributed by atoms with Crippen LogP contribution in [0.4, 0.5) is 5.69 Å². The van der Waals surface area contributed by atoms with Crippen LogP contribution in [0.5, 0.6) is 0 Å². The lowest BCUT2D eigenvalue weighted by Gasteiger charge is -2.36. The summed E-state index contributed by atoms with van der Waals surface area (Å²) in [7, 11) is 0. The number of benzene rings is 2. The average molecular weight is 424 g/mol. The first kappa shape index (κ1) is 20.0. The Balaban J connectivity index is 1.15. The first-order valence-corrected chi connectivity index (χ1v) is 11.6. The van der Waals surface area contributed by atoms with Crippen LogP contribution >= 0.6 is 11.6 Å². The highest BCUT2D eigenvalue weighted by atomic mass is 35.5. The summed E-state index contributed by atoms with van der Waals surface area (Å²) in [6, 6.07) is 16.7. The second kappa shape index (κ2) is 8.33. The first-order chi connectivity index (χ1) is 14.6. The lowest BCUT2D eigenvalue weighted by Crippen LogP contribution is -2.51. The van der Waals surface area contributed by atoms with E-state index >= 15 is 0 Å². The third-order valence-corrected chi connectivity index (χ3v) is 7.49. The predicted molar refractivity (Wildman–Crippen MR) is 122 cm³/mol. The van der Waals surface area contributed by atoms with Crippen molar-refractivity contribution in [2.24, 2.45) is 5.92 Å². The quantitative estimate of drug-likeness (QED) is 0.780. The third kappa shape index (κ3) is 4.01. The van der Waals surface area contributed by atoms with Gasteiger partial charge in [0, 0.05) is 49.4 Å². The highest BCUT2D eigenvalue weighted by molar-refractivity contribution is 6.30. The second-order valence-corrected chi connectivity index (χ2v) is 9.64. The number of carbonyl (C=O) groups excluding carboxylic acids is 1. The Labute approximate surface area is 184 Å². The van der Waals surface area contributed by atoms with Crippen LogP contribution < -0.4 is 5.32 Å². The summed E-state index contributed by atoms with van der Waals surface area (Å²) in [5.74, 6) is 0.566. The van der Waals surface area contributed by atoms with Crippen LogP contribution in [0, 0.1) is 5.92 Å². The van der Waals surface area contributed by atoms with E-state index < -0.39 is 0 Å². The summed E-state index contributed by atoms with van der Waals surface area (Å²) in [6.45, 7) is 5.50. The molecule has 2 fully saturated rings. The van der Waals surface area contributed by atoms with Crippen molar-refractivity contribution in [2.45, 2.75) is 37.8 Å². The molecule has 2 aromatic rings. The molecule has 158 valence electrons. The summed E-state index contributed by atoms with van der Waals surface area (Å²) < 4.78 is 0. The van der Waals surface area contributed by atoms with E-state index in [1.54, 1.807) is 0 Å². The van der Waals surface area contributed by atoms with Crippen molar-refractivity contribution in [2.75, 3.05) is 38.0 Å². The molecule has 5 heteroatoms. The lowest BCUT2D eigenvalue weighted by atomic mass is 9.81. The molecular weight excluding hydrogens is 394 g/mol. The standard InChI is InChI=1S/C25H30ClN3O/c26-21-9-7-19(8-10-21)17-28-12-14-29(15-13-28)18-24(30)22-5-3-11-25(22)16-20-4-1-2-6-23(20)27-25/h1-2,4,6-10,22,27H,3,5,11-18H2. The van der Waals surface area contributed by atoms with Gasteiger partial charge in [-0.05, 0) is 48.6 Å². The van der Waals surface area contributed by atoms with Gasteiger partial charge in [-0.3, -0.25) is 14.6 Å². The molecule has 1 aliphatic carbocycles. The van der Waals surface area contributed by atoms with E-state index in [2.05, 4.69) is 51.5 Å². The van der Waals surface area contributed by atoms with E-state index in [0.717, 1.165) is 63.4 Å². The number of rotatable bonds is 5.